The highest BCUT2D eigenvalue weighted by Crippen LogP contribution is 2.21. The summed E-state index contributed by atoms with van der Waals surface area (Å²) in [5.41, 5.74) is 1.00. The standard InChI is InChI=1S/C9H11NO2/c1-2-5-10-8(3-1)9-4-6-11-7-12-9/h1-3,5,9H,4,6-7H2. The third-order valence-corrected chi connectivity index (χ3v) is 1.89. The maximum absolute atomic E-state index is 5.38. The summed E-state index contributed by atoms with van der Waals surface area (Å²) in [7, 11) is 0. The lowest BCUT2D eigenvalue weighted by atomic mass is 10.1. The molecule has 0 radical (unpaired) electrons. The van der Waals surface area contributed by atoms with Gasteiger partial charge in [-0.05, 0) is 12.1 Å². The summed E-state index contributed by atoms with van der Waals surface area (Å²) >= 11 is 0. The molecular formula is C9H11NO2. The molecule has 1 aromatic heterocycles. The monoisotopic (exact) mass is 165 g/mol. The highest BCUT2D eigenvalue weighted by Gasteiger charge is 2.16. The molecule has 12 heavy (non-hydrogen) atoms. The Balaban J connectivity index is 2.08. The molecule has 1 aliphatic heterocycles. The molecule has 0 N–H and O–H groups in total. The number of pyridine rings is 1. The number of hydrogen-bond donors (Lipinski definition) is 0. The molecule has 3 heteroatoms. The van der Waals surface area contributed by atoms with Crippen molar-refractivity contribution in [1.29, 1.82) is 0 Å². The molecule has 1 aliphatic rings. The Morgan fingerprint density at radius 2 is 2.42 bits per heavy atom. The van der Waals surface area contributed by atoms with Gasteiger partial charge in [0.05, 0.1) is 12.3 Å². The predicted octanol–water partition coefficient (Wildman–Crippen LogP) is 1.52. The van der Waals surface area contributed by atoms with Crippen molar-refractivity contribution < 1.29 is 9.47 Å². The maximum atomic E-state index is 5.38. The van der Waals surface area contributed by atoms with Crippen LogP contribution in [-0.4, -0.2) is 18.4 Å². The molecule has 0 aromatic carbocycles. The Kier molecular flexibility index (Phi) is 2.34. The van der Waals surface area contributed by atoms with Crippen LogP contribution in [-0.2, 0) is 9.47 Å². The van der Waals surface area contributed by atoms with Gasteiger partial charge in [-0.2, -0.15) is 0 Å². The van der Waals surface area contributed by atoms with Crippen molar-refractivity contribution >= 4 is 0 Å². The molecule has 0 aliphatic carbocycles. The third-order valence-electron chi connectivity index (χ3n) is 1.89. The van der Waals surface area contributed by atoms with E-state index in [1.165, 1.54) is 0 Å². The number of aromatic nitrogens is 1. The van der Waals surface area contributed by atoms with E-state index in [1.807, 2.05) is 18.2 Å². The van der Waals surface area contributed by atoms with Crippen molar-refractivity contribution in [3.05, 3.63) is 30.1 Å². The van der Waals surface area contributed by atoms with Crippen molar-refractivity contribution in [3.8, 4) is 0 Å². The summed E-state index contributed by atoms with van der Waals surface area (Å²) in [5, 5.41) is 0. The van der Waals surface area contributed by atoms with E-state index in [2.05, 4.69) is 4.98 Å². The zero-order valence-electron chi connectivity index (χ0n) is 6.77. The summed E-state index contributed by atoms with van der Waals surface area (Å²) in [4.78, 5) is 4.22. The Hall–Kier alpha value is -0.930. The van der Waals surface area contributed by atoms with Crippen molar-refractivity contribution in [2.45, 2.75) is 12.5 Å². The maximum Gasteiger partial charge on any atom is 0.147 e. The first-order chi connectivity index (χ1) is 5.97. The number of rotatable bonds is 1. The number of ether oxygens (including phenoxy) is 2. The van der Waals surface area contributed by atoms with Gasteiger partial charge in [0, 0.05) is 12.6 Å². The van der Waals surface area contributed by atoms with E-state index in [0.717, 1.165) is 18.7 Å². The lowest BCUT2D eigenvalue weighted by molar-refractivity contribution is -0.142. The molecule has 1 atom stereocenters. The summed E-state index contributed by atoms with van der Waals surface area (Å²) in [6.07, 6.45) is 2.81. The molecule has 0 saturated carbocycles. The molecule has 2 heterocycles. The van der Waals surface area contributed by atoms with Gasteiger partial charge in [0.2, 0.25) is 0 Å². The fourth-order valence-electron chi connectivity index (χ4n) is 1.26. The van der Waals surface area contributed by atoms with Gasteiger partial charge < -0.3 is 9.47 Å². The fraction of sp³-hybridized carbons (Fsp3) is 0.444. The summed E-state index contributed by atoms with van der Waals surface area (Å²) in [6.45, 7) is 1.16. The van der Waals surface area contributed by atoms with E-state index in [1.54, 1.807) is 6.20 Å². The Morgan fingerprint density at radius 1 is 1.42 bits per heavy atom. The quantitative estimate of drug-likeness (QED) is 0.632. The summed E-state index contributed by atoms with van der Waals surface area (Å²) in [6, 6.07) is 5.86. The van der Waals surface area contributed by atoms with E-state index >= 15 is 0 Å². The molecule has 1 fully saturated rings. The second-order valence-electron chi connectivity index (χ2n) is 2.72. The lowest BCUT2D eigenvalue weighted by Crippen LogP contribution is -2.17. The van der Waals surface area contributed by atoms with Crippen LogP contribution in [0.4, 0.5) is 0 Å². The molecule has 1 unspecified atom stereocenters. The second kappa shape index (κ2) is 3.65. The van der Waals surface area contributed by atoms with Crippen molar-refractivity contribution in [3.63, 3.8) is 0 Å². The zero-order valence-corrected chi connectivity index (χ0v) is 6.77. The Bertz CT molecular complexity index is 232. The van der Waals surface area contributed by atoms with E-state index in [9.17, 15) is 0 Å². The second-order valence-corrected chi connectivity index (χ2v) is 2.72. The third kappa shape index (κ3) is 1.62. The van der Waals surface area contributed by atoms with Crippen LogP contribution in [0.1, 0.15) is 18.2 Å². The summed E-state index contributed by atoms with van der Waals surface area (Å²) < 4.78 is 10.5. The van der Waals surface area contributed by atoms with E-state index in [4.69, 9.17) is 9.47 Å². The van der Waals surface area contributed by atoms with Gasteiger partial charge in [0.15, 0.2) is 0 Å². The molecule has 3 nitrogen and oxygen atoms in total. The fourth-order valence-corrected chi connectivity index (χ4v) is 1.26. The SMILES string of the molecule is c1ccc(C2CCOCO2)nc1. The van der Waals surface area contributed by atoms with Gasteiger partial charge in [-0.1, -0.05) is 6.07 Å². The number of hydrogen-bond acceptors (Lipinski definition) is 3. The van der Waals surface area contributed by atoms with Gasteiger partial charge in [-0.3, -0.25) is 4.98 Å². The molecule has 1 saturated heterocycles. The number of nitrogens with zero attached hydrogens (tertiary/aromatic N) is 1. The van der Waals surface area contributed by atoms with E-state index in [-0.39, 0.29) is 6.10 Å². The van der Waals surface area contributed by atoms with Gasteiger partial charge in [-0.15, -0.1) is 0 Å². The van der Waals surface area contributed by atoms with Crippen LogP contribution in [0, 0.1) is 0 Å². The molecule has 0 spiro atoms. The van der Waals surface area contributed by atoms with Gasteiger partial charge in [0.25, 0.3) is 0 Å². The first-order valence-corrected chi connectivity index (χ1v) is 4.07. The Labute approximate surface area is 71.3 Å². The average Bonchev–Trinajstić information content (AvgIpc) is 2.21. The summed E-state index contributed by atoms with van der Waals surface area (Å²) in [5.74, 6) is 0. The minimum atomic E-state index is 0.125. The molecule has 2 rings (SSSR count). The van der Waals surface area contributed by atoms with Crippen LogP contribution >= 0.6 is 0 Å². The Morgan fingerprint density at radius 3 is 3.08 bits per heavy atom. The first kappa shape index (κ1) is 7.71. The predicted molar refractivity (Wildman–Crippen MR) is 43.5 cm³/mol. The minimum Gasteiger partial charge on any atom is -0.355 e. The first-order valence-electron chi connectivity index (χ1n) is 4.07. The van der Waals surface area contributed by atoms with E-state index < -0.39 is 0 Å². The smallest absolute Gasteiger partial charge is 0.147 e. The minimum absolute atomic E-state index is 0.125. The largest absolute Gasteiger partial charge is 0.355 e. The van der Waals surface area contributed by atoms with Crippen LogP contribution < -0.4 is 0 Å². The molecule has 0 bridgehead atoms. The van der Waals surface area contributed by atoms with Crippen molar-refractivity contribution in [2.24, 2.45) is 0 Å². The van der Waals surface area contributed by atoms with Gasteiger partial charge >= 0.3 is 0 Å². The normalized spacial score (nSPS) is 23.8. The van der Waals surface area contributed by atoms with Gasteiger partial charge in [0.1, 0.15) is 12.9 Å². The zero-order chi connectivity index (χ0) is 8.23. The lowest BCUT2D eigenvalue weighted by Gasteiger charge is -2.21. The van der Waals surface area contributed by atoms with E-state index in [0.29, 0.717) is 6.79 Å². The van der Waals surface area contributed by atoms with Crippen molar-refractivity contribution in [1.82, 2.24) is 4.98 Å². The highest BCUT2D eigenvalue weighted by atomic mass is 16.7. The molecule has 1 aromatic rings. The topological polar surface area (TPSA) is 31.4 Å². The van der Waals surface area contributed by atoms with Crippen molar-refractivity contribution in [2.75, 3.05) is 13.4 Å². The highest BCUT2D eigenvalue weighted by molar-refractivity contribution is 5.06. The van der Waals surface area contributed by atoms with Crippen LogP contribution in [0.2, 0.25) is 0 Å². The van der Waals surface area contributed by atoms with Crippen LogP contribution in [0.15, 0.2) is 24.4 Å². The van der Waals surface area contributed by atoms with Crippen LogP contribution in [0.25, 0.3) is 0 Å². The van der Waals surface area contributed by atoms with Gasteiger partial charge in [-0.25, -0.2) is 0 Å². The van der Waals surface area contributed by atoms with Crippen LogP contribution in [0.5, 0.6) is 0 Å². The molecule has 64 valence electrons. The van der Waals surface area contributed by atoms with Crippen LogP contribution in [0.3, 0.4) is 0 Å². The average molecular weight is 165 g/mol. The molecular weight excluding hydrogens is 154 g/mol. The molecule has 0 amide bonds.